The van der Waals surface area contributed by atoms with Crippen LogP contribution in [0.3, 0.4) is 0 Å². The minimum Gasteiger partial charge on any atom is -0.404 e. The Kier molecular flexibility index (Phi) is 4.12. The zero-order valence-corrected chi connectivity index (χ0v) is 8.05. The van der Waals surface area contributed by atoms with Gasteiger partial charge in [0.05, 0.1) is 0 Å². The molecule has 2 nitrogen and oxygen atoms in total. The minimum absolute atomic E-state index is 0.795. The van der Waals surface area contributed by atoms with E-state index in [1.807, 2.05) is 18.2 Å². The molecule has 0 aromatic heterocycles. The zero-order chi connectivity index (χ0) is 9.52. The van der Waals surface area contributed by atoms with Crippen LogP contribution in [0.1, 0.15) is 5.56 Å². The molecular weight excluding hydrogens is 180 g/mol. The van der Waals surface area contributed by atoms with Crippen molar-refractivity contribution in [2.45, 2.75) is 5.75 Å². The van der Waals surface area contributed by atoms with Gasteiger partial charge in [0.1, 0.15) is 0 Å². The van der Waals surface area contributed by atoms with Crippen LogP contribution in [-0.2, 0) is 5.75 Å². The second-order valence-corrected chi connectivity index (χ2v) is 3.54. The Morgan fingerprint density at radius 2 is 2.08 bits per heavy atom. The van der Waals surface area contributed by atoms with Crippen molar-refractivity contribution in [3.8, 4) is 0 Å². The lowest BCUT2D eigenvalue weighted by atomic mass is 10.2. The first-order valence-electron chi connectivity index (χ1n) is 3.96. The quantitative estimate of drug-likeness (QED) is 0.719. The molecule has 1 aromatic carbocycles. The maximum absolute atomic E-state index is 7.03. The Labute approximate surface area is 82.3 Å². The Hall–Kier alpha value is -1.22. The molecule has 1 rings (SSSR count). The predicted octanol–water partition coefficient (Wildman–Crippen LogP) is 2.37. The van der Waals surface area contributed by atoms with Crippen molar-refractivity contribution in [3.05, 3.63) is 47.0 Å². The van der Waals surface area contributed by atoms with Crippen LogP contribution < -0.4 is 5.73 Å². The van der Waals surface area contributed by atoms with Crippen LogP contribution in [0.5, 0.6) is 0 Å². The highest BCUT2D eigenvalue weighted by atomic mass is 32.2. The molecule has 13 heavy (non-hydrogen) atoms. The summed E-state index contributed by atoms with van der Waals surface area (Å²) in [6.45, 7) is 0. The van der Waals surface area contributed by atoms with E-state index in [1.54, 1.807) is 11.8 Å². The number of nitrogens with one attached hydrogen (secondary N) is 1. The van der Waals surface area contributed by atoms with Gasteiger partial charge in [0.2, 0.25) is 0 Å². The average Bonchev–Trinajstić information content (AvgIpc) is 2.21. The summed E-state index contributed by atoms with van der Waals surface area (Å²) < 4.78 is 0. The van der Waals surface area contributed by atoms with Crippen LogP contribution >= 0.6 is 11.8 Å². The zero-order valence-electron chi connectivity index (χ0n) is 7.23. The van der Waals surface area contributed by atoms with Gasteiger partial charge in [-0.05, 0) is 5.56 Å². The summed E-state index contributed by atoms with van der Waals surface area (Å²) in [4.78, 5) is 0.795. The molecule has 0 heterocycles. The first kappa shape index (κ1) is 9.86. The van der Waals surface area contributed by atoms with Crippen molar-refractivity contribution in [3.63, 3.8) is 0 Å². The van der Waals surface area contributed by atoms with Gasteiger partial charge < -0.3 is 11.1 Å². The number of allylic oxidation sites excluding steroid dienone is 1. The standard InChI is InChI=1S/C10H12N2S/c11-6-10(7-12)13-8-9-4-2-1-3-5-9/h1-7,11H,8,12H2/b10-7+,11-6?. The van der Waals surface area contributed by atoms with Crippen LogP contribution in [0.2, 0.25) is 0 Å². The molecule has 3 heteroatoms. The summed E-state index contributed by atoms with van der Waals surface area (Å²) in [5.74, 6) is 0.860. The Morgan fingerprint density at radius 1 is 1.38 bits per heavy atom. The third kappa shape index (κ3) is 3.34. The normalized spacial score (nSPS) is 11.2. The van der Waals surface area contributed by atoms with E-state index in [9.17, 15) is 0 Å². The van der Waals surface area contributed by atoms with Crippen LogP contribution in [0.15, 0.2) is 41.4 Å². The third-order valence-electron chi connectivity index (χ3n) is 1.55. The van der Waals surface area contributed by atoms with Crippen molar-refractivity contribution < 1.29 is 0 Å². The summed E-state index contributed by atoms with van der Waals surface area (Å²) >= 11 is 1.57. The van der Waals surface area contributed by atoms with E-state index < -0.39 is 0 Å². The van der Waals surface area contributed by atoms with Gasteiger partial charge in [0, 0.05) is 23.1 Å². The van der Waals surface area contributed by atoms with Crippen LogP contribution in [0.4, 0.5) is 0 Å². The fourth-order valence-electron chi connectivity index (χ4n) is 0.879. The predicted molar refractivity (Wildman–Crippen MR) is 58.8 cm³/mol. The molecule has 0 amide bonds. The van der Waals surface area contributed by atoms with Crippen molar-refractivity contribution >= 4 is 18.0 Å². The van der Waals surface area contributed by atoms with Crippen LogP contribution in [-0.4, -0.2) is 6.21 Å². The lowest BCUT2D eigenvalue weighted by molar-refractivity contribution is 1.42. The molecule has 0 radical (unpaired) electrons. The molecule has 68 valence electrons. The molecule has 0 unspecified atom stereocenters. The Bertz CT molecular complexity index is 293. The second-order valence-electron chi connectivity index (χ2n) is 2.49. The molecule has 0 spiro atoms. The van der Waals surface area contributed by atoms with Gasteiger partial charge >= 0.3 is 0 Å². The van der Waals surface area contributed by atoms with E-state index in [0.29, 0.717) is 0 Å². The summed E-state index contributed by atoms with van der Waals surface area (Å²) in [5, 5.41) is 7.03. The number of hydrogen-bond acceptors (Lipinski definition) is 3. The smallest absolute Gasteiger partial charge is 0.0406 e. The van der Waals surface area contributed by atoms with Gasteiger partial charge in [0.15, 0.2) is 0 Å². The van der Waals surface area contributed by atoms with Crippen molar-refractivity contribution in [2.75, 3.05) is 0 Å². The highest BCUT2D eigenvalue weighted by Crippen LogP contribution is 2.18. The van der Waals surface area contributed by atoms with Gasteiger partial charge in [-0.2, -0.15) is 0 Å². The first-order chi connectivity index (χ1) is 6.36. The lowest BCUT2D eigenvalue weighted by Crippen LogP contribution is -1.87. The van der Waals surface area contributed by atoms with Crippen LogP contribution in [0.25, 0.3) is 0 Å². The molecule has 0 saturated heterocycles. The van der Waals surface area contributed by atoms with E-state index in [-0.39, 0.29) is 0 Å². The monoisotopic (exact) mass is 192 g/mol. The molecule has 0 aliphatic carbocycles. The lowest BCUT2D eigenvalue weighted by Gasteiger charge is -2.00. The number of thioether (sulfide) groups is 1. The number of rotatable bonds is 4. The molecule has 0 fully saturated rings. The average molecular weight is 192 g/mol. The molecule has 3 N–H and O–H groups in total. The SMILES string of the molecule is N=C/C(=C\N)SCc1ccccc1. The van der Waals surface area contributed by atoms with Gasteiger partial charge in [-0.1, -0.05) is 30.3 Å². The Morgan fingerprint density at radius 3 is 2.62 bits per heavy atom. The number of benzene rings is 1. The van der Waals surface area contributed by atoms with E-state index in [2.05, 4.69) is 12.1 Å². The third-order valence-corrected chi connectivity index (χ3v) is 2.62. The minimum atomic E-state index is 0.795. The maximum atomic E-state index is 7.03. The molecule has 0 aliphatic rings. The highest BCUT2D eigenvalue weighted by molar-refractivity contribution is 8.03. The van der Waals surface area contributed by atoms with Gasteiger partial charge in [-0.25, -0.2) is 0 Å². The van der Waals surface area contributed by atoms with Crippen LogP contribution in [0, 0.1) is 5.41 Å². The summed E-state index contributed by atoms with van der Waals surface area (Å²) in [6, 6.07) is 10.1. The maximum Gasteiger partial charge on any atom is 0.0406 e. The van der Waals surface area contributed by atoms with E-state index >= 15 is 0 Å². The van der Waals surface area contributed by atoms with Crippen molar-refractivity contribution in [1.29, 1.82) is 5.41 Å². The molecule has 0 saturated carbocycles. The summed E-state index contributed by atoms with van der Waals surface area (Å²) in [5.41, 5.74) is 6.56. The molecular formula is C10H12N2S. The van der Waals surface area contributed by atoms with E-state index in [4.69, 9.17) is 11.1 Å². The second kappa shape index (κ2) is 5.43. The van der Waals surface area contributed by atoms with Gasteiger partial charge in [0.25, 0.3) is 0 Å². The van der Waals surface area contributed by atoms with E-state index in [1.165, 1.54) is 18.0 Å². The Balaban J connectivity index is 2.48. The fraction of sp³-hybridized carbons (Fsp3) is 0.100. The summed E-state index contributed by atoms with van der Waals surface area (Å²) in [6.07, 6.45) is 2.73. The largest absolute Gasteiger partial charge is 0.404 e. The van der Waals surface area contributed by atoms with E-state index in [0.717, 1.165) is 10.7 Å². The van der Waals surface area contributed by atoms with Gasteiger partial charge in [-0.3, -0.25) is 0 Å². The summed E-state index contributed by atoms with van der Waals surface area (Å²) in [7, 11) is 0. The van der Waals surface area contributed by atoms with Crippen molar-refractivity contribution in [1.82, 2.24) is 0 Å². The highest BCUT2D eigenvalue weighted by Gasteiger charge is 1.94. The molecule has 0 atom stereocenters. The topological polar surface area (TPSA) is 49.9 Å². The molecule has 0 aliphatic heterocycles. The number of hydrogen-bond donors (Lipinski definition) is 2. The first-order valence-corrected chi connectivity index (χ1v) is 4.94. The number of nitrogens with two attached hydrogens (primary N) is 1. The molecule has 0 bridgehead atoms. The van der Waals surface area contributed by atoms with Crippen molar-refractivity contribution in [2.24, 2.45) is 5.73 Å². The molecule has 1 aromatic rings. The fourth-order valence-corrected chi connectivity index (χ4v) is 1.58. The van der Waals surface area contributed by atoms with Gasteiger partial charge in [-0.15, -0.1) is 11.8 Å².